The first kappa shape index (κ1) is 27.0. The van der Waals surface area contributed by atoms with E-state index in [1.54, 1.807) is 24.3 Å². The first-order chi connectivity index (χ1) is 18.4. The lowest BCUT2D eigenvalue weighted by Crippen LogP contribution is -2.20. The van der Waals surface area contributed by atoms with Crippen LogP contribution in [0, 0.1) is 6.92 Å². The molecule has 0 fully saturated rings. The lowest BCUT2D eigenvalue weighted by molar-refractivity contribution is -0.118. The topological polar surface area (TPSA) is 99.9 Å². The summed E-state index contributed by atoms with van der Waals surface area (Å²) in [5.74, 6) is 1.88. The highest BCUT2D eigenvalue weighted by Crippen LogP contribution is 2.37. The third-order valence-electron chi connectivity index (χ3n) is 5.45. The average molecular weight is 552 g/mol. The number of nitrogens with one attached hydrogen (secondary N) is 1. The van der Waals surface area contributed by atoms with Crippen LogP contribution in [0.2, 0.25) is 5.02 Å². The molecule has 1 heterocycles. The highest BCUT2D eigenvalue weighted by molar-refractivity contribution is 7.99. The van der Waals surface area contributed by atoms with Crippen molar-refractivity contribution in [2.24, 2.45) is 5.10 Å². The molecule has 0 saturated heterocycles. The van der Waals surface area contributed by atoms with E-state index in [1.807, 2.05) is 47.9 Å². The highest BCUT2D eigenvalue weighted by Gasteiger charge is 2.17. The van der Waals surface area contributed by atoms with E-state index in [4.69, 9.17) is 25.8 Å². The van der Waals surface area contributed by atoms with Crippen molar-refractivity contribution in [3.05, 3.63) is 76.8 Å². The number of hydrazone groups is 1. The van der Waals surface area contributed by atoms with Crippen LogP contribution in [-0.2, 0) is 4.79 Å². The molecule has 0 spiro atoms. The summed E-state index contributed by atoms with van der Waals surface area (Å²) in [4.78, 5) is 12.6. The number of benzene rings is 3. The zero-order valence-electron chi connectivity index (χ0n) is 21.3. The summed E-state index contributed by atoms with van der Waals surface area (Å²) in [6.07, 6.45) is 1.50. The van der Waals surface area contributed by atoms with Gasteiger partial charge >= 0.3 is 0 Å². The molecule has 0 aliphatic heterocycles. The third kappa shape index (κ3) is 6.27. The molecule has 0 unspecified atom stereocenters. The van der Waals surface area contributed by atoms with Crippen molar-refractivity contribution in [1.29, 1.82) is 0 Å². The van der Waals surface area contributed by atoms with E-state index >= 15 is 0 Å². The van der Waals surface area contributed by atoms with Crippen LogP contribution < -0.4 is 19.6 Å². The molecule has 0 radical (unpaired) electrons. The van der Waals surface area contributed by atoms with Gasteiger partial charge in [0.2, 0.25) is 5.75 Å². The number of nitrogens with zero attached hydrogens (tertiary/aromatic N) is 4. The lowest BCUT2D eigenvalue weighted by Gasteiger charge is -2.12. The standard InChI is InChI=1S/C27H26ClN5O4S/c1-17-5-7-19(8-6-17)26-31-32-27(33(26)21-11-9-20(28)10-12-21)38-16-24(34)30-29-15-18-13-22(35-2)25(37-4)23(14-18)36-3/h5-15H,16H2,1-4H3,(H,30,34). The monoisotopic (exact) mass is 551 g/mol. The number of aromatic nitrogens is 3. The van der Waals surface area contributed by atoms with E-state index in [0.29, 0.717) is 38.8 Å². The Morgan fingerprint density at radius 3 is 2.26 bits per heavy atom. The van der Waals surface area contributed by atoms with Crippen LogP contribution in [0.1, 0.15) is 11.1 Å². The van der Waals surface area contributed by atoms with Gasteiger partial charge in [0.15, 0.2) is 22.5 Å². The Morgan fingerprint density at radius 1 is 1.00 bits per heavy atom. The molecule has 4 rings (SSSR count). The largest absolute Gasteiger partial charge is 0.493 e. The zero-order chi connectivity index (χ0) is 27.1. The Kier molecular flexibility index (Phi) is 8.88. The predicted octanol–water partition coefficient (Wildman–Crippen LogP) is 5.16. The van der Waals surface area contributed by atoms with Crippen molar-refractivity contribution in [2.75, 3.05) is 27.1 Å². The molecule has 196 valence electrons. The van der Waals surface area contributed by atoms with Gasteiger partial charge in [0.25, 0.3) is 5.91 Å². The van der Waals surface area contributed by atoms with Crippen LogP contribution in [-0.4, -0.2) is 54.0 Å². The summed E-state index contributed by atoms with van der Waals surface area (Å²) in [5.41, 5.74) is 6.08. The Labute approximate surface area is 229 Å². The van der Waals surface area contributed by atoms with Gasteiger partial charge in [-0.15, -0.1) is 10.2 Å². The minimum atomic E-state index is -0.304. The van der Waals surface area contributed by atoms with E-state index in [2.05, 4.69) is 20.7 Å². The van der Waals surface area contributed by atoms with Crippen LogP contribution in [0.25, 0.3) is 17.1 Å². The van der Waals surface area contributed by atoms with Crippen molar-refractivity contribution in [2.45, 2.75) is 12.1 Å². The quantitative estimate of drug-likeness (QED) is 0.165. The molecule has 1 amide bonds. The molecular formula is C27H26ClN5O4S. The van der Waals surface area contributed by atoms with E-state index in [-0.39, 0.29) is 11.7 Å². The lowest BCUT2D eigenvalue weighted by atomic mass is 10.1. The van der Waals surface area contributed by atoms with Crippen LogP contribution in [0.5, 0.6) is 17.2 Å². The number of rotatable bonds is 10. The second-order valence-electron chi connectivity index (χ2n) is 8.02. The summed E-state index contributed by atoms with van der Waals surface area (Å²) in [5, 5.41) is 14.0. The van der Waals surface area contributed by atoms with E-state index in [0.717, 1.165) is 16.8 Å². The van der Waals surface area contributed by atoms with Crippen molar-refractivity contribution in [3.63, 3.8) is 0 Å². The molecule has 9 nitrogen and oxygen atoms in total. The van der Waals surface area contributed by atoms with Crippen LogP contribution in [0.3, 0.4) is 0 Å². The van der Waals surface area contributed by atoms with E-state index in [9.17, 15) is 4.79 Å². The van der Waals surface area contributed by atoms with Gasteiger partial charge in [-0.1, -0.05) is 53.2 Å². The number of thioether (sulfide) groups is 1. The van der Waals surface area contributed by atoms with Gasteiger partial charge in [0, 0.05) is 21.8 Å². The van der Waals surface area contributed by atoms with Gasteiger partial charge in [-0.3, -0.25) is 9.36 Å². The average Bonchev–Trinajstić information content (AvgIpc) is 3.36. The molecule has 0 saturated carbocycles. The summed E-state index contributed by atoms with van der Waals surface area (Å²) in [6, 6.07) is 18.8. The number of aryl methyl sites for hydroxylation is 1. The fraction of sp³-hybridized carbons (Fsp3) is 0.185. The molecule has 11 heteroatoms. The Morgan fingerprint density at radius 2 is 1.66 bits per heavy atom. The van der Waals surface area contributed by atoms with Crippen LogP contribution >= 0.6 is 23.4 Å². The number of ether oxygens (including phenoxy) is 3. The molecule has 38 heavy (non-hydrogen) atoms. The number of hydrogen-bond acceptors (Lipinski definition) is 8. The van der Waals surface area contributed by atoms with Gasteiger partial charge in [-0.25, -0.2) is 5.43 Å². The third-order valence-corrected chi connectivity index (χ3v) is 6.63. The zero-order valence-corrected chi connectivity index (χ0v) is 22.8. The van der Waals surface area contributed by atoms with Crippen molar-refractivity contribution in [1.82, 2.24) is 20.2 Å². The Hall–Kier alpha value is -4.02. The Balaban J connectivity index is 1.49. The Bertz CT molecular complexity index is 1410. The molecule has 0 bridgehead atoms. The van der Waals surface area contributed by atoms with Crippen LogP contribution in [0.15, 0.2) is 70.9 Å². The van der Waals surface area contributed by atoms with Crippen molar-refractivity contribution >= 4 is 35.5 Å². The van der Waals surface area contributed by atoms with Crippen molar-refractivity contribution < 1.29 is 19.0 Å². The first-order valence-corrected chi connectivity index (χ1v) is 12.8. The molecule has 1 N–H and O–H groups in total. The minimum Gasteiger partial charge on any atom is -0.493 e. The number of carbonyl (C=O) groups excluding carboxylic acids is 1. The summed E-state index contributed by atoms with van der Waals surface area (Å²) in [7, 11) is 4.60. The molecule has 0 atom stereocenters. The number of halogens is 1. The van der Waals surface area contributed by atoms with Gasteiger partial charge in [0.05, 0.1) is 33.3 Å². The normalized spacial score (nSPS) is 11.0. The second-order valence-corrected chi connectivity index (χ2v) is 9.40. The van der Waals surface area contributed by atoms with Gasteiger partial charge in [0.1, 0.15) is 0 Å². The summed E-state index contributed by atoms with van der Waals surface area (Å²) < 4.78 is 17.9. The molecule has 3 aromatic carbocycles. The van der Waals surface area contributed by atoms with Gasteiger partial charge in [-0.05, 0) is 43.3 Å². The SMILES string of the molecule is COc1cc(C=NNC(=O)CSc2nnc(-c3ccc(C)cc3)n2-c2ccc(Cl)cc2)cc(OC)c1OC. The summed E-state index contributed by atoms with van der Waals surface area (Å²) in [6.45, 7) is 2.03. The predicted molar refractivity (Wildman–Crippen MR) is 149 cm³/mol. The number of carbonyl (C=O) groups is 1. The van der Waals surface area contributed by atoms with Gasteiger partial charge in [-0.2, -0.15) is 5.10 Å². The first-order valence-electron chi connectivity index (χ1n) is 11.5. The maximum atomic E-state index is 12.6. The van der Waals surface area contributed by atoms with Gasteiger partial charge < -0.3 is 14.2 Å². The number of methoxy groups -OCH3 is 3. The van der Waals surface area contributed by atoms with Crippen molar-refractivity contribution in [3.8, 4) is 34.3 Å². The fourth-order valence-corrected chi connectivity index (χ4v) is 4.46. The highest BCUT2D eigenvalue weighted by atomic mass is 35.5. The van der Waals surface area contributed by atoms with E-state index in [1.165, 1.54) is 39.3 Å². The smallest absolute Gasteiger partial charge is 0.250 e. The molecule has 0 aliphatic carbocycles. The molecular weight excluding hydrogens is 526 g/mol. The maximum Gasteiger partial charge on any atom is 0.250 e. The number of hydrogen-bond donors (Lipinski definition) is 1. The fourth-order valence-electron chi connectivity index (χ4n) is 3.59. The minimum absolute atomic E-state index is 0.0756. The summed E-state index contributed by atoms with van der Waals surface area (Å²) >= 11 is 7.35. The second kappa shape index (κ2) is 12.5. The molecule has 4 aromatic rings. The molecule has 1 aromatic heterocycles. The molecule has 0 aliphatic rings. The van der Waals surface area contributed by atoms with Crippen LogP contribution in [0.4, 0.5) is 0 Å². The number of amides is 1. The maximum absolute atomic E-state index is 12.6. The van der Waals surface area contributed by atoms with E-state index < -0.39 is 0 Å².